The Morgan fingerprint density at radius 1 is 0.750 bits per heavy atom. The van der Waals surface area contributed by atoms with Crippen molar-refractivity contribution in [3.8, 4) is 0 Å². The summed E-state index contributed by atoms with van der Waals surface area (Å²) in [5.74, 6) is 0. The molecule has 1 saturated carbocycles. The Labute approximate surface area is 127 Å². The van der Waals surface area contributed by atoms with Gasteiger partial charge in [-0.05, 0) is 38.6 Å². The van der Waals surface area contributed by atoms with E-state index in [9.17, 15) is 0 Å². The molecule has 1 fully saturated rings. The summed E-state index contributed by atoms with van der Waals surface area (Å²) in [7, 11) is 0. The van der Waals surface area contributed by atoms with E-state index in [1.165, 1.54) is 96.4 Å². The van der Waals surface area contributed by atoms with Crippen LogP contribution in [0.15, 0.2) is 0 Å². The van der Waals surface area contributed by atoms with Crippen LogP contribution in [0.3, 0.4) is 0 Å². The molecule has 120 valence electrons. The maximum absolute atomic E-state index is 5.93. The number of hydrogen-bond acceptors (Lipinski definition) is 2. The lowest BCUT2D eigenvalue weighted by Crippen LogP contribution is -2.37. The minimum atomic E-state index is 0.477. The molecule has 3 N–H and O–H groups in total. The summed E-state index contributed by atoms with van der Waals surface area (Å²) in [6.45, 7) is 3.51. The van der Waals surface area contributed by atoms with E-state index in [2.05, 4.69) is 12.2 Å². The molecule has 2 nitrogen and oxygen atoms in total. The molecule has 1 rings (SSSR count). The molecule has 2 heteroatoms. The zero-order valence-corrected chi connectivity index (χ0v) is 13.8. The Morgan fingerprint density at radius 3 is 1.80 bits per heavy atom. The van der Waals surface area contributed by atoms with Gasteiger partial charge >= 0.3 is 0 Å². The Morgan fingerprint density at radius 2 is 1.25 bits per heavy atom. The number of unbranched alkanes of at least 4 members (excludes halogenated alkanes) is 9. The highest BCUT2D eigenvalue weighted by atomic mass is 14.9. The van der Waals surface area contributed by atoms with Gasteiger partial charge < -0.3 is 11.1 Å². The van der Waals surface area contributed by atoms with Gasteiger partial charge in [-0.2, -0.15) is 0 Å². The van der Waals surface area contributed by atoms with E-state index in [0.29, 0.717) is 6.04 Å². The maximum atomic E-state index is 5.93. The van der Waals surface area contributed by atoms with Crippen LogP contribution in [0.25, 0.3) is 0 Å². The minimum absolute atomic E-state index is 0.477. The van der Waals surface area contributed by atoms with Gasteiger partial charge in [0, 0.05) is 12.1 Å². The third-order valence-electron chi connectivity index (χ3n) is 4.74. The molecule has 0 atom stereocenters. The van der Waals surface area contributed by atoms with Crippen molar-refractivity contribution in [3.63, 3.8) is 0 Å². The third-order valence-corrected chi connectivity index (χ3v) is 4.74. The van der Waals surface area contributed by atoms with Gasteiger partial charge in [-0.25, -0.2) is 0 Å². The summed E-state index contributed by atoms with van der Waals surface area (Å²) in [6.07, 6.45) is 19.3. The standard InChI is InChI=1S/C18H38N2/c1-2-3-4-5-6-7-8-9-10-11-16-20-18-14-12-17(19)13-15-18/h17-18,20H,2-16,19H2,1H3. The average Bonchev–Trinajstić information content (AvgIpc) is 2.47. The quantitative estimate of drug-likeness (QED) is 0.506. The maximum Gasteiger partial charge on any atom is 0.00682 e. The van der Waals surface area contributed by atoms with Crippen molar-refractivity contribution in [2.45, 2.75) is 109 Å². The van der Waals surface area contributed by atoms with Gasteiger partial charge in [0.15, 0.2) is 0 Å². The molecule has 0 bridgehead atoms. The van der Waals surface area contributed by atoms with Gasteiger partial charge in [-0.15, -0.1) is 0 Å². The first-order chi connectivity index (χ1) is 9.83. The van der Waals surface area contributed by atoms with E-state index in [-0.39, 0.29) is 0 Å². The van der Waals surface area contributed by atoms with Crippen molar-refractivity contribution in [3.05, 3.63) is 0 Å². The van der Waals surface area contributed by atoms with Crippen LogP contribution in [0.4, 0.5) is 0 Å². The first-order valence-corrected chi connectivity index (χ1v) is 9.32. The lowest BCUT2D eigenvalue weighted by Gasteiger charge is -2.26. The molecule has 0 spiro atoms. The van der Waals surface area contributed by atoms with Crippen molar-refractivity contribution >= 4 is 0 Å². The summed E-state index contributed by atoms with van der Waals surface area (Å²) < 4.78 is 0. The summed E-state index contributed by atoms with van der Waals surface area (Å²) in [6, 6.07) is 1.23. The van der Waals surface area contributed by atoms with E-state index in [1.807, 2.05) is 0 Å². The lowest BCUT2D eigenvalue weighted by molar-refractivity contribution is 0.340. The van der Waals surface area contributed by atoms with Crippen molar-refractivity contribution in [1.29, 1.82) is 0 Å². The molecule has 1 aliphatic rings. The smallest absolute Gasteiger partial charge is 0.00682 e. The fourth-order valence-electron chi connectivity index (χ4n) is 3.24. The molecule has 0 aromatic heterocycles. The average molecular weight is 283 g/mol. The molecule has 0 saturated heterocycles. The molecule has 0 aliphatic heterocycles. The highest BCUT2D eigenvalue weighted by Gasteiger charge is 2.17. The summed E-state index contributed by atoms with van der Waals surface area (Å²) >= 11 is 0. The second-order valence-electron chi connectivity index (χ2n) is 6.75. The third kappa shape index (κ3) is 9.77. The minimum Gasteiger partial charge on any atom is -0.328 e. The van der Waals surface area contributed by atoms with Gasteiger partial charge in [0.1, 0.15) is 0 Å². The number of nitrogens with two attached hydrogens (primary N) is 1. The molecule has 0 aromatic carbocycles. The van der Waals surface area contributed by atoms with Crippen LogP contribution in [0, 0.1) is 0 Å². The molecule has 20 heavy (non-hydrogen) atoms. The predicted octanol–water partition coefficient (Wildman–Crippen LogP) is 4.77. The van der Waals surface area contributed by atoms with E-state index < -0.39 is 0 Å². The fourth-order valence-corrected chi connectivity index (χ4v) is 3.24. The molecule has 1 aliphatic carbocycles. The lowest BCUT2D eigenvalue weighted by atomic mass is 9.92. The highest BCUT2D eigenvalue weighted by Crippen LogP contribution is 2.17. The van der Waals surface area contributed by atoms with Gasteiger partial charge in [0.2, 0.25) is 0 Å². The highest BCUT2D eigenvalue weighted by molar-refractivity contribution is 4.78. The molecule has 0 radical (unpaired) electrons. The van der Waals surface area contributed by atoms with Crippen LogP contribution in [-0.4, -0.2) is 18.6 Å². The second kappa shape index (κ2) is 12.6. The van der Waals surface area contributed by atoms with E-state index in [4.69, 9.17) is 5.73 Å². The fraction of sp³-hybridized carbons (Fsp3) is 1.00. The predicted molar refractivity (Wildman–Crippen MR) is 90.1 cm³/mol. The summed E-state index contributed by atoms with van der Waals surface area (Å²) in [5, 5.41) is 3.71. The number of rotatable bonds is 12. The molecule has 0 amide bonds. The second-order valence-corrected chi connectivity index (χ2v) is 6.75. The van der Waals surface area contributed by atoms with E-state index in [0.717, 1.165) is 6.04 Å². The largest absolute Gasteiger partial charge is 0.328 e. The van der Waals surface area contributed by atoms with Gasteiger partial charge in [-0.1, -0.05) is 64.7 Å². The van der Waals surface area contributed by atoms with E-state index >= 15 is 0 Å². The Kier molecular flexibility index (Phi) is 11.4. The Balaban J connectivity index is 1.74. The molecule has 0 heterocycles. The molecular weight excluding hydrogens is 244 g/mol. The van der Waals surface area contributed by atoms with Gasteiger partial charge in [0.25, 0.3) is 0 Å². The first kappa shape index (κ1) is 18.0. The Bertz CT molecular complexity index is 198. The summed E-state index contributed by atoms with van der Waals surface area (Å²) in [5.41, 5.74) is 5.93. The summed E-state index contributed by atoms with van der Waals surface area (Å²) in [4.78, 5) is 0. The SMILES string of the molecule is CCCCCCCCCCCCNC1CCC(N)CC1. The van der Waals surface area contributed by atoms with Crippen LogP contribution in [0.1, 0.15) is 96.8 Å². The Hall–Kier alpha value is -0.0800. The molecule has 0 unspecified atom stereocenters. The topological polar surface area (TPSA) is 38.0 Å². The van der Waals surface area contributed by atoms with Crippen LogP contribution in [0.5, 0.6) is 0 Å². The van der Waals surface area contributed by atoms with Crippen molar-refractivity contribution in [2.75, 3.05) is 6.54 Å². The number of hydrogen-bond donors (Lipinski definition) is 2. The first-order valence-electron chi connectivity index (χ1n) is 9.32. The van der Waals surface area contributed by atoms with Crippen LogP contribution in [-0.2, 0) is 0 Å². The van der Waals surface area contributed by atoms with Gasteiger partial charge in [-0.3, -0.25) is 0 Å². The van der Waals surface area contributed by atoms with Crippen LogP contribution in [0.2, 0.25) is 0 Å². The van der Waals surface area contributed by atoms with Crippen LogP contribution >= 0.6 is 0 Å². The van der Waals surface area contributed by atoms with Crippen LogP contribution < -0.4 is 11.1 Å². The normalized spacial score (nSPS) is 23.1. The molecule has 0 aromatic rings. The zero-order chi connectivity index (χ0) is 14.5. The van der Waals surface area contributed by atoms with Crippen molar-refractivity contribution < 1.29 is 0 Å². The molecular formula is C18H38N2. The number of nitrogens with one attached hydrogen (secondary N) is 1. The monoisotopic (exact) mass is 282 g/mol. The zero-order valence-electron chi connectivity index (χ0n) is 13.8. The van der Waals surface area contributed by atoms with Crippen molar-refractivity contribution in [1.82, 2.24) is 5.32 Å². The van der Waals surface area contributed by atoms with Crippen molar-refractivity contribution in [2.24, 2.45) is 5.73 Å². The van der Waals surface area contributed by atoms with E-state index in [1.54, 1.807) is 0 Å². The van der Waals surface area contributed by atoms with Gasteiger partial charge in [0.05, 0.1) is 0 Å².